The molecule has 0 fully saturated rings. The zero-order valence-corrected chi connectivity index (χ0v) is 16.2. The summed E-state index contributed by atoms with van der Waals surface area (Å²) < 4.78 is 0. The monoisotopic (exact) mass is 382 g/mol. The topological polar surface area (TPSA) is 55.2 Å². The summed E-state index contributed by atoms with van der Waals surface area (Å²) in [5.74, 6) is 0. The van der Waals surface area contributed by atoms with E-state index in [2.05, 4.69) is 60.8 Å². The lowest BCUT2D eigenvalue weighted by Crippen LogP contribution is -2.18. The van der Waals surface area contributed by atoms with Crippen molar-refractivity contribution < 1.29 is 4.92 Å². The van der Waals surface area contributed by atoms with E-state index < -0.39 is 0 Å². The molecule has 4 nitrogen and oxygen atoms in total. The quantitative estimate of drug-likeness (QED) is 0.316. The van der Waals surface area contributed by atoms with Crippen LogP contribution in [0.15, 0.2) is 91.0 Å². The molecule has 4 aromatic rings. The molecule has 0 radical (unpaired) electrons. The highest BCUT2D eigenvalue weighted by Gasteiger charge is 2.12. The van der Waals surface area contributed by atoms with Crippen LogP contribution in [0.2, 0.25) is 0 Å². The van der Waals surface area contributed by atoms with Gasteiger partial charge in [-0.05, 0) is 39.9 Å². The number of nitrogens with zero attached hydrogens (tertiary/aromatic N) is 1. The molecule has 0 aliphatic heterocycles. The van der Waals surface area contributed by atoms with Gasteiger partial charge >= 0.3 is 0 Å². The summed E-state index contributed by atoms with van der Waals surface area (Å²) in [7, 11) is 0. The Kier molecular flexibility index (Phi) is 5.36. The van der Waals surface area contributed by atoms with Crippen LogP contribution in [0, 0.1) is 10.1 Å². The van der Waals surface area contributed by atoms with Gasteiger partial charge in [0.25, 0.3) is 5.69 Å². The highest BCUT2D eigenvalue weighted by molar-refractivity contribution is 5.86. The van der Waals surface area contributed by atoms with Crippen LogP contribution in [0.4, 0.5) is 5.69 Å². The molecule has 0 spiro atoms. The minimum Gasteiger partial charge on any atom is -0.306 e. The SMILES string of the molecule is C[C@@H](NCc1ccccc1-c1cccc([N+](=O)[O-])c1)c1cccc2ccccc12. The summed E-state index contributed by atoms with van der Waals surface area (Å²) in [6, 6.07) is 29.8. The minimum atomic E-state index is -0.354. The van der Waals surface area contributed by atoms with Gasteiger partial charge in [0.1, 0.15) is 0 Å². The second-order valence-corrected chi connectivity index (χ2v) is 7.14. The molecule has 0 aliphatic carbocycles. The molecule has 0 heterocycles. The molecule has 0 aliphatic rings. The lowest BCUT2D eigenvalue weighted by molar-refractivity contribution is -0.384. The molecule has 0 aromatic heterocycles. The summed E-state index contributed by atoms with van der Waals surface area (Å²) in [6.07, 6.45) is 0. The summed E-state index contributed by atoms with van der Waals surface area (Å²) >= 11 is 0. The second kappa shape index (κ2) is 8.25. The van der Waals surface area contributed by atoms with E-state index in [0.29, 0.717) is 6.54 Å². The Hall–Kier alpha value is -3.50. The van der Waals surface area contributed by atoms with Crippen LogP contribution in [0.3, 0.4) is 0 Å². The van der Waals surface area contributed by atoms with E-state index in [1.54, 1.807) is 12.1 Å². The lowest BCUT2D eigenvalue weighted by Gasteiger charge is -2.18. The predicted octanol–water partition coefficient (Wildman–Crippen LogP) is 6.27. The van der Waals surface area contributed by atoms with Gasteiger partial charge in [-0.3, -0.25) is 10.1 Å². The number of hydrogen-bond donors (Lipinski definition) is 1. The summed E-state index contributed by atoms with van der Waals surface area (Å²) in [5, 5.41) is 17.2. The van der Waals surface area contributed by atoms with Crippen molar-refractivity contribution >= 4 is 16.5 Å². The molecule has 0 saturated heterocycles. The molecule has 0 bridgehead atoms. The van der Waals surface area contributed by atoms with Gasteiger partial charge in [-0.1, -0.05) is 78.9 Å². The Bertz CT molecular complexity index is 1160. The van der Waals surface area contributed by atoms with Crippen LogP contribution in [-0.2, 0) is 6.54 Å². The number of benzene rings is 4. The Labute approximate surface area is 170 Å². The molecule has 0 saturated carbocycles. The zero-order valence-electron chi connectivity index (χ0n) is 16.2. The van der Waals surface area contributed by atoms with E-state index in [9.17, 15) is 10.1 Å². The first-order valence-corrected chi connectivity index (χ1v) is 9.67. The van der Waals surface area contributed by atoms with Crippen molar-refractivity contribution in [3.63, 3.8) is 0 Å². The van der Waals surface area contributed by atoms with E-state index in [1.807, 2.05) is 24.3 Å². The van der Waals surface area contributed by atoms with Gasteiger partial charge in [0.05, 0.1) is 4.92 Å². The Morgan fingerprint density at radius 1 is 0.897 bits per heavy atom. The van der Waals surface area contributed by atoms with Gasteiger partial charge < -0.3 is 5.32 Å². The first kappa shape index (κ1) is 18.8. The molecule has 1 N–H and O–H groups in total. The van der Waals surface area contributed by atoms with Crippen molar-refractivity contribution in [3.05, 3.63) is 112 Å². The molecule has 29 heavy (non-hydrogen) atoms. The number of rotatable bonds is 6. The Balaban J connectivity index is 1.59. The third-order valence-corrected chi connectivity index (χ3v) is 5.27. The average Bonchev–Trinajstić information content (AvgIpc) is 2.77. The van der Waals surface area contributed by atoms with Crippen molar-refractivity contribution in [1.29, 1.82) is 0 Å². The number of nitro groups is 1. The predicted molar refractivity (Wildman–Crippen MR) is 118 cm³/mol. The van der Waals surface area contributed by atoms with Crippen molar-refractivity contribution in [3.8, 4) is 11.1 Å². The number of nitro benzene ring substituents is 1. The number of hydrogen-bond acceptors (Lipinski definition) is 3. The Morgan fingerprint density at radius 2 is 1.62 bits per heavy atom. The van der Waals surface area contributed by atoms with Crippen LogP contribution in [0.1, 0.15) is 24.1 Å². The fourth-order valence-electron chi connectivity index (χ4n) is 3.74. The smallest absolute Gasteiger partial charge is 0.270 e. The molecular formula is C25H22N2O2. The van der Waals surface area contributed by atoms with Crippen LogP contribution < -0.4 is 5.32 Å². The van der Waals surface area contributed by atoms with E-state index in [1.165, 1.54) is 22.4 Å². The molecule has 0 unspecified atom stereocenters. The Morgan fingerprint density at radius 3 is 2.48 bits per heavy atom. The van der Waals surface area contributed by atoms with E-state index in [4.69, 9.17) is 0 Å². The second-order valence-electron chi connectivity index (χ2n) is 7.14. The molecule has 4 aromatic carbocycles. The van der Waals surface area contributed by atoms with E-state index in [0.717, 1.165) is 16.7 Å². The molecule has 4 rings (SSSR count). The zero-order chi connectivity index (χ0) is 20.2. The van der Waals surface area contributed by atoms with Gasteiger partial charge in [-0.15, -0.1) is 0 Å². The largest absolute Gasteiger partial charge is 0.306 e. The van der Waals surface area contributed by atoms with Gasteiger partial charge in [0.15, 0.2) is 0 Å². The molecule has 1 atom stereocenters. The van der Waals surface area contributed by atoms with Crippen LogP contribution >= 0.6 is 0 Å². The maximum Gasteiger partial charge on any atom is 0.270 e. The maximum absolute atomic E-state index is 11.1. The summed E-state index contributed by atoms with van der Waals surface area (Å²) in [6.45, 7) is 2.83. The first-order chi connectivity index (χ1) is 14.1. The average molecular weight is 382 g/mol. The number of fused-ring (bicyclic) bond motifs is 1. The van der Waals surface area contributed by atoms with Crippen molar-refractivity contribution in [2.24, 2.45) is 0 Å². The molecule has 0 amide bonds. The van der Waals surface area contributed by atoms with Gasteiger partial charge in [-0.25, -0.2) is 0 Å². The maximum atomic E-state index is 11.1. The highest BCUT2D eigenvalue weighted by atomic mass is 16.6. The van der Waals surface area contributed by atoms with Gasteiger partial charge in [-0.2, -0.15) is 0 Å². The molecular weight excluding hydrogens is 360 g/mol. The minimum absolute atomic E-state index is 0.106. The lowest BCUT2D eigenvalue weighted by atomic mass is 9.97. The molecule has 144 valence electrons. The standard InChI is InChI=1S/C25H22N2O2/c1-18(23-15-7-10-19-8-2-5-14-25(19)23)26-17-21-9-3-4-13-24(21)20-11-6-12-22(16-20)27(28)29/h2-16,18,26H,17H2,1H3/t18-/m1/s1. The van der Waals surface area contributed by atoms with Crippen molar-refractivity contribution in [2.45, 2.75) is 19.5 Å². The summed E-state index contributed by atoms with van der Waals surface area (Å²) in [4.78, 5) is 10.8. The van der Waals surface area contributed by atoms with E-state index in [-0.39, 0.29) is 16.7 Å². The fraction of sp³-hybridized carbons (Fsp3) is 0.120. The normalized spacial score (nSPS) is 12.0. The number of nitrogens with one attached hydrogen (secondary N) is 1. The van der Waals surface area contributed by atoms with Gasteiger partial charge in [0.2, 0.25) is 0 Å². The summed E-state index contributed by atoms with van der Waals surface area (Å²) in [5.41, 5.74) is 4.34. The van der Waals surface area contributed by atoms with E-state index >= 15 is 0 Å². The van der Waals surface area contributed by atoms with Gasteiger partial charge in [0, 0.05) is 24.7 Å². The van der Waals surface area contributed by atoms with Crippen molar-refractivity contribution in [1.82, 2.24) is 5.32 Å². The number of non-ortho nitro benzene ring substituents is 1. The van der Waals surface area contributed by atoms with Crippen LogP contribution in [0.5, 0.6) is 0 Å². The first-order valence-electron chi connectivity index (χ1n) is 9.67. The third kappa shape index (κ3) is 4.03. The van der Waals surface area contributed by atoms with Crippen LogP contribution in [-0.4, -0.2) is 4.92 Å². The van der Waals surface area contributed by atoms with Crippen LogP contribution in [0.25, 0.3) is 21.9 Å². The van der Waals surface area contributed by atoms with Crippen molar-refractivity contribution in [2.75, 3.05) is 0 Å². The third-order valence-electron chi connectivity index (χ3n) is 5.27. The fourth-order valence-corrected chi connectivity index (χ4v) is 3.74. The highest BCUT2D eigenvalue weighted by Crippen LogP contribution is 2.28. The molecule has 4 heteroatoms.